The van der Waals surface area contributed by atoms with Gasteiger partial charge in [-0.3, -0.25) is 4.79 Å². The van der Waals surface area contributed by atoms with E-state index in [1.807, 2.05) is 0 Å². The van der Waals surface area contributed by atoms with Gasteiger partial charge < -0.3 is 0 Å². The Bertz CT molecular complexity index is 227. The van der Waals surface area contributed by atoms with Crippen LogP contribution in [-0.4, -0.2) is 5.78 Å². The molecule has 1 saturated carbocycles. The Morgan fingerprint density at radius 3 is 3.00 bits per heavy atom. The normalized spacial score (nSPS) is 36.8. The van der Waals surface area contributed by atoms with Crippen molar-refractivity contribution in [3.05, 3.63) is 11.6 Å². The lowest BCUT2D eigenvalue weighted by Crippen LogP contribution is -2.25. The first-order chi connectivity index (χ1) is 5.23. The van der Waals surface area contributed by atoms with Crippen LogP contribution in [0.2, 0.25) is 0 Å². The predicted molar refractivity (Wildman–Crippen MR) is 44.3 cm³/mol. The third kappa shape index (κ3) is 0.867. The minimum Gasteiger partial charge on any atom is -0.299 e. The number of Topliss-reactive ketones (excluding diaryl/α,β-unsaturated/α-hetero) is 1. The highest BCUT2D eigenvalue weighted by atomic mass is 16.1. The third-order valence-electron chi connectivity index (χ3n) is 3.22. The zero-order valence-electron chi connectivity index (χ0n) is 7.02. The molecule has 0 radical (unpaired) electrons. The molecule has 0 aromatic rings. The summed E-state index contributed by atoms with van der Waals surface area (Å²) in [5, 5.41) is 0. The van der Waals surface area contributed by atoms with Crippen LogP contribution in [-0.2, 0) is 4.79 Å². The van der Waals surface area contributed by atoms with Crippen molar-refractivity contribution < 1.29 is 4.79 Å². The van der Waals surface area contributed by atoms with E-state index in [-0.39, 0.29) is 5.41 Å². The molecule has 11 heavy (non-hydrogen) atoms. The van der Waals surface area contributed by atoms with Crippen LogP contribution < -0.4 is 0 Å². The maximum Gasteiger partial charge on any atom is 0.143 e. The van der Waals surface area contributed by atoms with Gasteiger partial charge >= 0.3 is 0 Å². The Balaban J connectivity index is 2.39. The highest BCUT2D eigenvalue weighted by Gasteiger charge is 2.41. The molecular formula is C10H14O. The minimum absolute atomic E-state index is 0.0295. The van der Waals surface area contributed by atoms with Crippen molar-refractivity contribution in [1.29, 1.82) is 0 Å². The SMILES string of the molecule is C[C@]12CCCC=C1CCC2=O. The lowest BCUT2D eigenvalue weighted by molar-refractivity contribution is -0.124. The standard InChI is InChI=1S/C10H14O/c1-10-7-3-2-4-8(10)5-6-9(10)11/h4H,2-3,5-7H2,1H3/t10-/m0/s1. The number of fused-ring (bicyclic) bond motifs is 1. The van der Waals surface area contributed by atoms with Gasteiger partial charge in [0.2, 0.25) is 0 Å². The summed E-state index contributed by atoms with van der Waals surface area (Å²) < 4.78 is 0. The van der Waals surface area contributed by atoms with Gasteiger partial charge in [0, 0.05) is 11.8 Å². The number of carbonyl (C=O) groups is 1. The van der Waals surface area contributed by atoms with Crippen molar-refractivity contribution in [2.45, 2.75) is 39.0 Å². The predicted octanol–water partition coefficient (Wildman–Crippen LogP) is 2.47. The van der Waals surface area contributed by atoms with Crippen LogP contribution in [0.15, 0.2) is 11.6 Å². The van der Waals surface area contributed by atoms with Crippen LogP contribution in [0, 0.1) is 5.41 Å². The molecule has 0 heterocycles. The molecule has 0 aromatic carbocycles. The van der Waals surface area contributed by atoms with Crippen LogP contribution in [0.4, 0.5) is 0 Å². The van der Waals surface area contributed by atoms with Gasteiger partial charge in [-0.15, -0.1) is 0 Å². The molecule has 2 aliphatic carbocycles. The van der Waals surface area contributed by atoms with Crippen molar-refractivity contribution >= 4 is 5.78 Å². The molecule has 0 amide bonds. The Labute approximate surface area is 67.5 Å². The van der Waals surface area contributed by atoms with Gasteiger partial charge in [0.15, 0.2) is 0 Å². The van der Waals surface area contributed by atoms with Gasteiger partial charge in [-0.2, -0.15) is 0 Å². The molecular weight excluding hydrogens is 136 g/mol. The molecule has 1 atom stereocenters. The maximum atomic E-state index is 11.5. The highest BCUT2D eigenvalue weighted by molar-refractivity contribution is 5.91. The number of hydrogen-bond donors (Lipinski definition) is 0. The molecule has 2 rings (SSSR count). The number of rotatable bonds is 0. The zero-order valence-corrected chi connectivity index (χ0v) is 7.02. The van der Waals surface area contributed by atoms with Crippen LogP contribution in [0.25, 0.3) is 0 Å². The molecule has 0 spiro atoms. The number of carbonyl (C=O) groups excluding carboxylic acids is 1. The van der Waals surface area contributed by atoms with Crippen LogP contribution in [0.3, 0.4) is 0 Å². The Kier molecular flexibility index (Phi) is 1.41. The van der Waals surface area contributed by atoms with Gasteiger partial charge in [-0.1, -0.05) is 11.6 Å². The zero-order chi connectivity index (χ0) is 7.90. The first kappa shape index (κ1) is 7.08. The van der Waals surface area contributed by atoms with E-state index < -0.39 is 0 Å². The molecule has 60 valence electrons. The van der Waals surface area contributed by atoms with Gasteiger partial charge in [0.1, 0.15) is 5.78 Å². The van der Waals surface area contributed by atoms with Crippen molar-refractivity contribution in [3.63, 3.8) is 0 Å². The smallest absolute Gasteiger partial charge is 0.143 e. The second kappa shape index (κ2) is 2.20. The number of hydrogen-bond acceptors (Lipinski definition) is 1. The second-order valence-corrected chi connectivity index (χ2v) is 3.88. The van der Waals surface area contributed by atoms with Gasteiger partial charge in [0.25, 0.3) is 0 Å². The van der Waals surface area contributed by atoms with Gasteiger partial charge in [0.05, 0.1) is 0 Å². The van der Waals surface area contributed by atoms with Crippen LogP contribution >= 0.6 is 0 Å². The molecule has 0 N–H and O–H groups in total. The molecule has 0 aliphatic heterocycles. The van der Waals surface area contributed by atoms with E-state index >= 15 is 0 Å². The monoisotopic (exact) mass is 150 g/mol. The maximum absolute atomic E-state index is 11.5. The minimum atomic E-state index is -0.0295. The quantitative estimate of drug-likeness (QED) is 0.485. The highest BCUT2D eigenvalue weighted by Crippen LogP contribution is 2.46. The largest absolute Gasteiger partial charge is 0.299 e. The fraction of sp³-hybridized carbons (Fsp3) is 0.700. The van der Waals surface area contributed by atoms with Crippen molar-refractivity contribution in [3.8, 4) is 0 Å². The van der Waals surface area contributed by atoms with Crippen molar-refractivity contribution in [2.75, 3.05) is 0 Å². The van der Waals surface area contributed by atoms with Gasteiger partial charge in [-0.05, 0) is 32.6 Å². The molecule has 2 aliphatic rings. The first-order valence-electron chi connectivity index (χ1n) is 4.46. The van der Waals surface area contributed by atoms with E-state index in [2.05, 4.69) is 13.0 Å². The van der Waals surface area contributed by atoms with E-state index in [1.54, 1.807) is 0 Å². The summed E-state index contributed by atoms with van der Waals surface area (Å²) in [5.74, 6) is 0.475. The average molecular weight is 150 g/mol. The summed E-state index contributed by atoms with van der Waals surface area (Å²) in [6.45, 7) is 2.12. The molecule has 0 aromatic heterocycles. The summed E-state index contributed by atoms with van der Waals surface area (Å²) in [5.41, 5.74) is 1.40. The topological polar surface area (TPSA) is 17.1 Å². The summed E-state index contributed by atoms with van der Waals surface area (Å²) in [6, 6.07) is 0. The first-order valence-corrected chi connectivity index (χ1v) is 4.46. The van der Waals surface area contributed by atoms with Crippen molar-refractivity contribution in [1.82, 2.24) is 0 Å². The van der Waals surface area contributed by atoms with E-state index in [0.29, 0.717) is 5.78 Å². The molecule has 1 nitrogen and oxygen atoms in total. The summed E-state index contributed by atoms with van der Waals surface area (Å²) in [6.07, 6.45) is 7.60. The Morgan fingerprint density at radius 1 is 1.45 bits per heavy atom. The Hall–Kier alpha value is -0.590. The molecule has 1 heteroatoms. The summed E-state index contributed by atoms with van der Waals surface area (Å²) >= 11 is 0. The molecule has 0 saturated heterocycles. The third-order valence-corrected chi connectivity index (χ3v) is 3.22. The Morgan fingerprint density at radius 2 is 2.27 bits per heavy atom. The van der Waals surface area contributed by atoms with Gasteiger partial charge in [-0.25, -0.2) is 0 Å². The van der Waals surface area contributed by atoms with E-state index in [4.69, 9.17) is 0 Å². The molecule has 1 fully saturated rings. The molecule has 0 bridgehead atoms. The van der Waals surface area contributed by atoms with E-state index in [9.17, 15) is 4.79 Å². The summed E-state index contributed by atoms with van der Waals surface area (Å²) in [4.78, 5) is 11.5. The number of allylic oxidation sites excluding steroid dienone is 2. The van der Waals surface area contributed by atoms with E-state index in [1.165, 1.54) is 18.4 Å². The number of ketones is 1. The molecule has 0 unspecified atom stereocenters. The van der Waals surface area contributed by atoms with Crippen molar-refractivity contribution in [2.24, 2.45) is 5.41 Å². The lowest BCUT2D eigenvalue weighted by Gasteiger charge is -2.27. The lowest BCUT2D eigenvalue weighted by atomic mass is 9.75. The van der Waals surface area contributed by atoms with Crippen LogP contribution in [0.5, 0.6) is 0 Å². The van der Waals surface area contributed by atoms with E-state index in [0.717, 1.165) is 19.3 Å². The fourth-order valence-electron chi connectivity index (χ4n) is 2.34. The summed E-state index contributed by atoms with van der Waals surface area (Å²) in [7, 11) is 0. The van der Waals surface area contributed by atoms with Crippen LogP contribution in [0.1, 0.15) is 39.0 Å². The average Bonchev–Trinajstić information content (AvgIpc) is 2.29. The fourth-order valence-corrected chi connectivity index (χ4v) is 2.34. The second-order valence-electron chi connectivity index (χ2n) is 3.88.